The van der Waals surface area contributed by atoms with Crippen LogP contribution in [0.15, 0.2) is 42.5 Å². The van der Waals surface area contributed by atoms with Gasteiger partial charge in [-0.2, -0.15) is 0 Å². The predicted molar refractivity (Wildman–Crippen MR) is 96.5 cm³/mol. The molecule has 0 radical (unpaired) electrons. The highest BCUT2D eigenvalue weighted by atomic mass is 16.5. The van der Waals surface area contributed by atoms with Gasteiger partial charge in [-0.1, -0.05) is 22.9 Å². The number of amides is 1. The SMILES string of the molecule is COc1ccc(-n2nnc(C(=O)Nc3ccc(C)cc3C)c2C)cc1. The van der Waals surface area contributed by atoms with Gasteiger partial charge in [0, 0.05) is 5.69 Å². The first kappa shape index (κ1) is 16.7. The second-order valence-electron chi connectivity index (χ2n) is 5.91. The number of methoxy groups -OCH3 is 1. The number of hydrogen-bond acceptors (Lipinski definition) is 4. The molecule has 6 heteroatoms. The van der Waals surface area contributed by atoms with Crippen molar-refractivity contribution in [1.29, 1.82) is 0 Å². The first-order chi connectivity index (χ1) is 12.0. The van der Waals surface area contributed by atoms with Crippen molar-refractivity contribution in [2.24, 2.45) is 0 Å². The average molecular weight is 336 g/mol. The lowest BCUT2D eigenvalue weighted by molar-refractivity contribution is 0.102. The van der Waals surface area contributed by atoms with Crippen LogP contribution in [-0.2, 0) is 0 Å². The lowest BCUT2D eigenvalue weighted by Crippen LogP contribution is -2.15. The fourth-order valence-electron chi connectivity index (χ4n) is 2.64. The zero-order chi connectivity index (χ0) is 18.0. The molecule has 1 aromatic heterocycles. The van der Waals surface area contributed by atoms with E-state index in [1.807, 2.05) is 63.2 Å². The molecule has 0 aliphatic carbocycles. The summed E-state index contributed by atoms with van der Waals surface area (Å²) in [5.41, 5.74) is 4.72. The van der Waals surface area contributed by atoms with E-state index in [0.717, 1.165) is 28.3 Å². The summed E-state index contributed by atoms with van der Waals surface area (Å²) in [4.78, 5) is 12.6. The minimum absolute atomic E-state index is 0.274. The predicted octanol–water partition coefficient (Wildman–Crippen LogP) is 3.45. The zero-order valence-corrected chi connectivity index (χ0v) is 14.7. The Morgan fingerprint density at radius 1 is 1.08 bits per heavy atom. The Kier molecular flexibility index (Phi) is 4.52. The Bertz CT molecular complexity index is 914. The molecule has 0 fully saturated rings. The molecule has 3 aromatic rings. The summed E-state index contributed by atoms with van der Waals surface area (Å²) < 4.78 is 6.79. The summed E-state index contributed by atoms with van der Waals surface area (Å²) in [6.07, 6.45) is 0. The summed E-state index contributed by atoms with van der Waals surface area (Å²) in [7, 11) is 1.62. The second kappa shape index (κ2) is 6.76. The number of aromatic nitrogens is 3. The number of anilines is 1. The number of hydrogen-bond donors (Lipinski definition) is 1. The van der Waals surface area contributed by atoms with Crippen molar-refractivity contribution in [2.45, 2.75) is 20.8 Å². The van der Waals surface area contributed by atoms with E-state index in [0.29, 0.717) is 11.4 Å². The maximum Gasteiger partial charge on any atom is 0.278 e. The fourth-order valence-corrected chi connectivity index (χ4v) is 2.64. The van der Waals surface area contributed by atoms with Gasteiger partial charge in [0.1, 0.15) is 5.75 Å². The second-order valence-corrected chi connectivity index (χ2v) is 5.91. The number of aryl methyl sites for hydroxylation is 2. The topological polar surface area (TPSA) is 69.0 Å². The molecule has 0 spiro atoms. The smallest absolute Gasteiger partial charge is 0.278 e. The molecule has 1 heterocycles. The third-order valence-electron chi connectivity index (χ3n) is 4.06. The summed E-state index contributed by atoms with van der Waals surface area (Å²) >= 11 is 0. The molecule has 6 nitrogen and oxygen atoms in total. The maximum absolute atomic E-state index is 12.6. The van der Waals surface area contributed by atoms with Crippen LogP contribution < -0.4 is 10.1 Å². The quantitative estimate of drug-likeness (QED) is 0.792. The van der Waals surface area contributed by atoms with Crippen LogP contribution in [0, 0.1) is 20.8 Å². The standard InChI is InChI=1S/C19H20N4O2/c1-12-5-10-17(13(2)11-12)20-19(24)18-14(3)23(22-21-18)15-6-8-16(25-4)9-7-15/h5-11H,1-4H3,(H,20,24). The highest BCUT2D eigenvalue weighted by Crippen LogP contribution is 2.19. The van der Waals surface area contributed by atoms with Gasteiger partial charge in [0.15, 0.2) is 5.69 Å². The Morgan fingerprint density at radius 2 is 1.80 bits per heavy atom. The van der Waals surface area contributed by atoms with E-state index >= 15 is 0 Å². The molecule has 0 aliphatic rings. The number of benzene rings is 2. The van der Waals surface area contributed by atoms with Gasteiger partial charge in [0.25, 0.3) is 5.91 Å². The first-order valence-electron chi connectivity index (χ1n) is 7.95. The van der Waals surface area contributed by atoms with Crippen molar-refractivity contribution in [3.05, 3.63) is 65.0 Å². The van der Waals surface area contributed by atoms with Crippen molar-refractivity contribution in [1.82, 2.24) is 15.0 Å². The molecule has 0 bridgehead atoms. The Labute approximate surface area is 146 Å². The van der Waals surface area contributed by atoms with E-state index < -0.39 is 0 Å². The van der Waals surface area contributed by atoms with Gasteiger partial charge in [-0.3, -0.25) is 4.79 Å². The highest BCUT2D eigenvalue weighted by molar-refractivity contribution is 6.04. The van der Waals surface area contributed by atoms with Crippen molar-refractivity contribution in [2.75, 3.05) is 12.4 Å². The zero-order valence-electron chi connectivity index (χ0n) is 14.7. The van der Waals surface area contributed by atoms with E-state index in [1.165, 1.54) is 0 Å². The van der Waals surface area contributed by atoms with Gasteiger partial charge in [-0.05, 0) is 56.7 Å². The van der Waals surface area contributed by atoms with Crippen LogP contribution >= 0.6 is 0 Å². The van der Waals surface area contributed by atoms with Crippen LogP contribution in [-0.4, -0.2) is 28.0 Å². The van der Waals surface area contributed by atoms with E-state index in [2.05, 4.69) is 15.6 Å². The Balaban J connectivity index is 1.85. The molecule has 2 aromatic carbocycles. The lowest BCUT2D eigenvalue weighted by Gasteiger charge is -2.08. The van der Waals surface area contributed by atoms with Crippen LogP contribution in [0.5, 0.6) is 5.75 Å². The number of nitrogens with one attached hydrogen (secondary N) is 1. The van der Waals surface area contributed by atoms with E-state index in [-0.39, 0.29) is 5.91 Å². The van der Waals surface area contributed by atoms with Gasteiger partial charge in [-0.25, -0.2) is 4.68 Å². The van der Waals surface area contributed by atoms with Gasteiger partial charge in [0.2, 0.25) is 0 Å². The van der Waals surface area contributed by atoms with E-state index in [1.54, 1.807) is 11.8 Å². The summed E-state index contributed by atoms with van der Waals surface area (Å²) in [6, 6.07) is 13.3. The fraction of sp³-hybridized carbons (Fsp3) is 0.211. The normalized spacial score (nSPS) is 10.6. The highest BCUT2D eigenvalue weighted by Gasteiger charge is 2.18. The molecule has 0 unspecified atom stereocenters. The Morgan fingerprint density at radius 3 is 2.44 bits per heavy atom. The summed E-state index contributed by atoms with van der Waals surface area (Å²) in [5.74, 6) is 0.485. The first-order valence-corrected chi connectivity index (χ1v) is 7.95. The minimum Gasteiger partial charge on any atom is -0.497 e. The molecule has 0 aliphatic heterocycles. The summed E-state index contributed by atoms with van der Waals surface area (Å²) in [6.45, 7) is 5.80. The van der Waals surface area contributed by atoms with Gasteiger partial charge >= 0.3 is 0 Å². The molecule has 0 saturated heterocycles. The molecule has 3 rings (SSSR count). The van der Waals surface area contributed by atoms with Crippen LogP contribution in [0.25, 0.3) is 5.69 Å². The summed E-state index contributed by atoms with van der Waals surface area (Å²) in [5, 5.41) is 11.1. The van der Waals surface area contributed by atoms with E-state index in [4.69, 9.17) is 4.74 Å². The number of nitrogens with zero attached hydrogens (tertiary/aromatic N) is 3. The molecule has 25 heavy (non-hydrogen) atoms. The van der Waals surface area contributed by atoms with Crippen LogP contribution in [0.2, 0.25) is 0 Å². The molecule has 128 valence electrons. The number of carbonyl (C=O) groups excluding carboxylic acids is 1. The molecular formula is C19H20N4O2. The molecule has 1 N–H and O–H groups in total. The van der Waals surface area contributed by atoms with Crippen LogP contribution in [0.3, 0.4) is 0 Å². The van der Waals surface area contributed by atoms with Crippen LogP contribution in [0.4, 0.5) is 5.69 Å². The van der Waals surface area contributed by atoms with Gasteiger partial charge in [-0.15, -0.1) is 5.10 Å². The minimum atomic E-state index is -0.274. The molecule has 1 amide bonds. The van der Waals surface area contributed by atoms with Crippen molar-refractivity contribution < 1.29 is 9.53 Å². The largest absolute Gasteiger partial charge is 0.497 e. The molecule has 0 saturated carbocycles. The maximum atomic E-state index is 12.6. The molecule has 0 atom stereocenters. The third-order valence-corrected chi connectivity index (χ3v) is 4.06. The van der Waals surface area contributed by atoms with Crippen molar-refractivity contribution in [3.8, 4) is 11.4 Å². The Hall–Kier alpha value is -3.15. The molecular weight excluding hydrogens is 316 g/mol. The lowest BCUT2D eigenvalue weighted by atomic mass is 10.1. The van der Waals surface area contributed by atoms with Crippen molar-refractivity contribution >= 4 is 11.6 Å². The average Bonchev–Trinajstić information content (AvgIpc) is 2.99. The van der Waals surface area contributed by atoms with Crippen molar-refractivity contribution in [3.63, 3.8) is 0 Å². The number of carbonyl (C=O) groups is 1. The van der Waals surface area contributed by atoms with E-state index in [9.17, 15) is 4.79 Å². The monoisotopic (exact) mass is 336 g/mol. The number of ether oxygens (including phenoxy) is 1. The number of rotatable bonds is 4. The van der Waals surface area contributed by atoms with Gasteiger partial charge < -0.3 is 10.1 Å². The third kappa shape index (κ3) is 3.38. The van der Waals surface area contributed by atoms with Gasteiger partial charge in [0.05, 0.1) is 18.5 Å². The van der Waals surface area contributed by atoms with Crippen LogP contribution in [0.1, 0.15) is 27.3 Å².